The van der Waals surface area contributed by atoms with E-state index < -0.39 is 22.9 Å². The number of nitrogens with zero attached hydrogens (tertiary/aromatic N) is 1. The van der Waals surface area contributed by atoms with Gasteiger partial charge in [-0.2, -0.15) is 0 Å². The van der Waals surface area contributed by atoms with Crippen LogP contribution in [0.4, 0.5) is 0 Å². The van der Waals surface area contributed by atoms with Gasteiger partial charge in [0.25, 0.3) is 0 Å². The SMILES string of the molecule is CCCC(c1ccccc1)C(C(=O)OC)[N+](=O)[O-]. The van der Waals surface area contributed by atoms with Gasteiger partial charge in [0.05, 0.1) is 13.0 Å². The van der Waals surface area contributed by atoms with Gasteiger partial charge in [0.1, 0.15) is 0 Å². The van der Waals surface area contributed by atoms with E-state index in [1.807, 2.05) is 25.1 Å². The molecule has 0 aromatic heterocycles. The summed E-state index contributed by atoms with van der Waals surface area (Å²) < 4.78 is 4.54. The van der Waals surface area contributed by atoms with E-state index in [2.05, 4.69) is 4.74 Å². The minimum Gasteiger partial charge on any atom is -0.464 e. The lowest BCUT2D eigenvalue weighted by molar-refractivity contribution is -0.514. The van der Waals surface area contributed by atoms with Crippen LogP contribution in [0.2, 0.25) is 0 Å². The predicted molar refractivity (Wildman–Crippen MR) is 66.9 cm³/mol. The highest BCUT2D eigenvalue weighted by Crippen LogP contribution is 2.27. The van der Waals surface area contributed by atoms with Crippen LogP contribution in [-0.4, -0.2) is 24.0 Å². The summed E-state index contributed by atoms with van der Waals surface area (Å²) in [5.74, 6) is -1.24. The summed E-state index contributed by atoms with van der Waals surface area (Å²) >= 11 is 0. The van der Waals surface area contributed by atoms with Crippen molar-refractivity contribution in [3.63, 3.8) is 0 Å². The number of hydrogen-bond donors (Lipinski definition) is 0. The molecule has 0 spiro atoms. The zero-order valence-corrected chi connectivity index (χ0v) is 10.5. The van der Waals surface area contributed by atoms with E-state index in [-0.39, 0.29) is 0 Å². The van der Waals surface area contributed by atoms with Gasteiger partial charge < -0.3 is 4.74 Å². The van der Waals surface area contributed by atoms with Crippen LogP contribution in [0.1, 0.15) is 31.2 Å². The smallest absolute Gasteiger partial charge is 0.382 e. The summed E-state index contributed by atoms with van der Waals surface area (Å²) in [5, 5.41) is 11.1. The molecule has 2 atom stereocenters. The Morgan fingerprint density at radius 2 is 2.00 bits per heavy atom. The van der Waals surface area contributed by atoms with Gasteiger partial charge in [-0.05, 0) is 12.0 Å². The zero-order chi connectivity index (χ0) is 13.5. The van der Waals surface area contributed by atoms with Gasteiger partial charge in [0.2, 0.25) is 0 Å². The maximum absolute atomic E-state index is 11.6. The van der Waals surface area contributed by atoms with Crippen LogP contribution in [-0.2, 0) is 9.53 Å². The second-order valence-corrected chi connectivity index (χ2v) is 4.06. The van der Waals surface area contributed by atoms with E-state index in [0.717, 1.165) is 12.0 Å². The third-order valence-electron chi connectivity index (χ3n) is 2.88. The monoisotopic (exact) mass is 251 g/mol. The van der Waals surface area contributed by atoms with E-state index in [1.165, 1.54) is 7.11 Å². The maximum Gasteiger partial charge on any atom is 0.382 e. The number of hydrogen-bond acceptors (Lipinski definition) is 4. The largest absolute Gasteiger partial charge is 0.464 e. The zero-order valence-electron chi connectivity index (χ0n) is 10.5. The summed E-state index contributed by atoms with van der Waals surface area (Å²) in [6, 6.07) is 7.74. The fraction of sp³-hybridized carbons (Fsp3) is 0.462. The van der Waals surface area contributed by atoms with E-state index in [9.17, 15) is 14.9 Å². The summed E-state index contributed by atoms with van der Waals surface area (Å²) in [4.78, 5) is 22.1. The third kappa shape index (κ3) is 3.29. The molecule has 1 aromatic rings. The second kappa shape index (κ2) is 6.74. The number of methoxy groups -OCH3 is 1. The lowest BCUT2D eigenvalue weighted by Crippen LogP contribution is -2.36. The molecule has 2 unspecified atom stereocenters. The van der Waals surface area contributed by atoms with Crippen LogP contribution < -0.4 is 0 Å². The van der Waals surface area contributed by atoms with Gasteiger partial charge in [0, 0.05) is 4.92 Å². The first-order chi connectivity index (χ1) is 8.61. The van der Waals surface area contributed by atoms with E-state index in [4.69, 9.17) is 0 Å². The molecule has 0 heterocycles. The second-order valence-electron chi connectivity index (χ2n) is 4.06. The van der Waals surface area contributed by atoms with Crippen LogP contribution in [0.15, 0.2) is 30.3 Å². The molecule has 0 bridgehead atoms. The molecule has 0 amide bonds. The molecule has 0 aliphatic heterocycles. The van der Waals surface area contributed by atoms with Crippen LogP contribution in [0, 0.1) is 10.1 Å². The number of carbonyl (C=O) groups excluding carboxylic acids is 1. The van der Waals surface area contributed by atoms with Crippen molar-refractivity contribution in [1.29, 1.82) is 0 Å². The molecule has 0 N–H and O–H groups in total. The number of ether oxygens (including phenoxy) is 1. The molecule has 5 nitrogen and oxygen atoms in total. The van der Waals surface area contributed by atoms with Crippen LogP contribution in [0.25, 0.3) is 0 Å². The van der Waals surface area contributed by atoms with Crippen LogP contribution in [0.3, 0.4) is 0 Å². The van der Waals surface area contributed by atoms with Crippen molar-refractivity contribution in [2.45, 2.75) is 31.7 Å². The van der Waals surface area contributed by atoms with Gasteiger partial charge >= 0.3 is 12.0 Å². The Morgan fingerprint density at radius 1 is 1.39 bits per heavy atom. The lowest BCUT2D eigenvalue weighted by Gasteiger charge is -2.19. The third-order valence-corrected chi connectivity index (χ3v) is 2.88. The Balaban J connectivity index is 3.09. The van der Waals surface area contributed by atoms with Gasteiger partial charge in [-0.3, -0.25) is 10.1 Å². The Kier molecular flexibility index (Phi) is 5.30. The lowest BCUT2D eigenvalue weighted by atomic mass is 9.88. The van der Waals surface area contributed by atoms with Crippen molar-refractivity contribution in [1.82, 2.24) is 0 Å². The molecule has 0 fully saturated rings. The predicted octanol–water partition coefficient (Wildman–Crippen LogP) is 2.39. The van der Waals surface area contributed by atoms with Gasteiger partial charge in [0.15, 0.2) is 0 Å². The van der Waals surface area contributed by atoms with Crippen molar-refractivity contribution < 1.29 is 14.5 Å². The molecule has 18 heavy (non-hydrogen) atoms. The van der Waals surface area contributed by atoms with E-state index in [1.54, 1.807) is 12.1 Å². The first kappa shape index (κ1) is 14.2. The van der Waals surface area contributed by atoms with Crippen molar-refractivity contribution in [3.8, 4) is 0 Å². The fourth-order valence-corrected chi connectivity index (χ4v) is 2.04. The maximum atomic E-state index is 11.6. The molecular weight excluding hydrogens is 234 g/mol. The normalized spacial score (nSPS) is 13.7. The minimum absolute atomic E-state index is 0.446. The van der Waals surface area contributed by atoms with Gasteiger partial charge in [-0.15, -0.1) is 0 Å². The molecule has 0 saturated heterocycles. The highest BCUT2D eigenvalue weighted by atomic mass is 16.6. The highest BCUT2D eigenvalue weighted by Gasteiger charge is 2.39. The topological polar surface area (TPSA) is 69.4 Å². The fourth-order valence-electron chi connectivity index (χ4n) is 2.04. The van der Waals surface area contributed by atoms with Gasteiger partial charge in [-0.1, -0.05) is 43.7 Å². The standard InChI is InChI=1S/C13H17NO4/c1-3-7-11(10-8-5-4-6-9-10)12(14(16)17)13(15)18-2/h4-6,8-9,11-12H,3,7H2,1-2H3. The Morgan fingerprint density at radius 3 is 2.44 bits per heavy atom. The average Bonchev–Trinajstić information content (AvgIpc) is 2.38. The molecule has 0 aliphatic rings. The number of nitro groups is 1. The quantitative estimate of drug-likeness (QED) is 0.442. The van der Waals surface area contributed by atoms with E-state index >= 15 is 0 Å². The summed E-state index contributed by atoms with van der Waals surface area (Å²) in [6.07, 6.45) is 1.34. The van der Waals surface area contributed by atoms with Crippen molar-refractivity contribution in [2.24, 2.45) is 0 Å². The molecule has 98 valence electrons. The molecule has 1 aromatic carbocycles. The summed E-state index contributed by atoms with van der Waals surface area (Å²) in [5.41, 5.74) is 0.798. The van der Waals surface area contributed by atoms with Crippen molar-refractivity contribution in [3.05, 3.63) is 46.0 Å². The Bertz CT molecular complexity index is 405. The highest BCUT2D eigenvalue weighted by molar-refractivity contribution is 5.75. The van der Waals surface area contributed by atoms with Gasteiger partial charge in [-0.25, -0.2) is 4.79 Å². The Labute approximate surface area is 106 Å². The minimum atomic E-state index is -1.34. The van der Waals surface area contributed by atoms with Crippen molar-refractivity contribution >= 4 is 5.97 Å². The average molecular weight is 251 g/mol. The summed E-state index contributed by atoms with van der Waals surface area (Å²) in [6.45, 7) is 1.93. The first-order valence-corrected chi connectivity index (χ1v) is 5.88. The number of rotatable bonds is 6. The number of esters is 1. The Hall–Kier alpha value is -1.91. The van der Waals surface area contributed by atoms with E-state index in [0.29, 0.717) is 6.42 Å². The summed E-state index contributed by atoms with van der Waals surface area (Å²) in [7, 11) is 1.17. The molecule has 1 rings (SSSR count). The molecule has 0 radical (unpaired) electrons. The molecule has 0 aliphatic carbocycles. The number of benzene rings is 1. The van der Waals surface area contributed by atoms with Crippen LogP contribution in [0.5, 0.6) is 0 Å². The van der Waals surface area contributed by atoms with Crippen LogP contribution >= 0.6 is 0 Å². The molecule has 5 heteroatoms. The molecular formula is C13H17NO4. The molecule has 0 saturated carbocycles. The first-order valence-electron chi connectivity index (χ1n) is 5.88. The number of carbonyl (C=O) groups is 1. The van der Waals surface area contributed by atoms with Crippen molar-refractivity contribution in [2.75, 3.05) is 7.11 Å².